The molecule has 23 heavy (non-hydrogen) atoms. The van der Waals surface area contributed by atoms with E-state index < -0.39 is 0 Å². The van der Waals surface area contributed by atoms with Crippen molar-refractivity contribution in [2.24, 2.45) is 0 Å². The smallest absolute Gasteiger partial charge is 0.297 e. The van der Waals surface area contributed by atoms with E-state index in [0.29, 0.717) is 12.1 Å². The zero-order valence-electron chi connectivity index (χ0n) is 14.2. The van der Waals surface area contributed by atoms with Crippen molar-refractivity contribution < 1.29 is 4.92 Å². The first kappa shape index (κ1) is 16.9. The van der Waals surface area contributed by atoms with Gasteiger partial charge in [0, 0.05) is 12.6 Å². The van der Waals surface area contributed by atoms with E-state index in [-0.39, 0.29) is 10.6 Å². The summed E-state index contributed by atoms with van der Waals surface area (Å²) in [6, 6.07) is 5.10. The molecule has 0 saturated carbocycles. The summed E-state index contributed by atoms with van der Waals surface area (Å²) < 4.78 is 2.02. The summed E-state index contributed by atoms with van der Waals surface area (Å²) in [6.07, 6.45) is 6.47. The lowest BCUT2D eigenvalue weighted by Crippen LogP contribution is -1.98. The fraction of sp³-hybridized carbons (Fsp3) is 0.389. The molecule has 0 saturated heterocycles. The minimum absolute atomic E-state index is 0.0635. The number of benzene rings is 1. The van der Waals surface area contributed by atoms with Gasteiger partial charge in [0.1, 0.15) is 5.82 Å². The lowest BCUT2D eigenvalue weighted by Gasteiger charge is -2.05. The molecule has 1 heterocycles. The fourth-order valence-corrected chi connectivity index (χ4v) is 2.56. The molecule has 0 spiro atoms. The Morgan fingerprint density at radius 1 is 1.30 bits per heavy atom. The second-order valence-corrected chi connectivity index (χ2v) is 6.04. The van der Waals surface area contributed by atoms with Gasteiger partial charge in [0.25, 0.3) is 5.69 Å². The van der Waals surface area contributed by atoms with Gasteiger partial charge < -0.3 is 4.57 Å². The van der Waals surface area contributed by atoms with Crippen LogP contribution in [-0.2, 0) is 6.54 Å². The summed E-state index contributed by atoms with van der Waals surface area (Å²) in [5.41, 5.74) is 3.99. The fourth-order valence-electron chi connectivity index (χ4n) is 2.56. The average molecular weight is 313 g/mol. The molecule has 0 N–H and O–H groups in total. The SMILES string of the molecule is CC(C)=CCC/C(C)=C/Cn1c(C)nc2c([N+](=O)[O-])cccc21. The number of para-hydroxylation sites is 1. The molecule has 0 aliphatic carbocycles. The second-order valence-electron chi connectivity index (χ2n) is 6.04. The molecule has 0 fully saturated rings. The van der Waals surface area contributed by atoms with Crippen LogP contribution in [0.15, 0.2) is 41.5 Å². The molecule has 5 heteroatoms. The van der Waals surface area contributed by atoms with Crippen LogP contribution in [0.2, 0.25) is 0 Å². The van der Waals surface area contributed by atoms with Gasteiger partial charge in [0.05, 0.1) is 10.4 Å². The molecule has 0 bridgehead atoms. The van der Waals surface area contributed by atoms with E-state index in [4.69, 9.17) is 0 Å². The monoisotopic (exact) mass is 313 g/mol. The minimum atomic E-state index is -0.375. The molecule has 1 aromatic carbocycles. The first-order chi connectivity index (χ1) is 10.9. The summed E-state index contributed by atoms with van der Waals surface area (Å²) in [5, 5.41) is 11.1. The van der Waals surface area contributed by atoms with Crippen LogP contribution in [-0.4, -0.2) is 14.5 Å². The van der Waals surface area contributed by atoms with Crippen molar-refractivity contribution >= 4 is 16.7 Å². The van der Waals surface area contributed by atoms with Crippen LogP contribution in [0.25, 0.3) is 11.0 Å². The number of nitrogens with zero attached hydrogens (tertiary/aromatic N) is 3. The van der Waals surface area contributed by atoms with Crippen LogP contribution in [0.4, 0.5) is 5.69 Å². The Morgan fingerprint density at radius 3 is 2.70 bits per heavy atom. The third kappa shape index (κ3) is 4.06. The standard InChI is InChI=1S/C18H23N3O2/c1-13(2)7-5-8-14(3)11-12-20-15(4)19-18-16(20)9-6-10-17(18)21(22)23/h6-7,9-11H,5,8,12H2,1-4H3/b14-11+. The van der Waals surface area contributed by atoms with Crippen molar-refractivity contribution in [1.29, 1.82) is 0 Å². The van der Waals surface area contributed by atoms with Crippen molar-refractivity contribution in [3.8, 4) is 0 Å². The maximum absolute atomic E-state index is 11.1. The normalized spacial score (nSPS) is 11.7. The predicted molar refractivity (Wildman–Crippen MR) is 93.5 cm³/mol. The maximum Gasteiger partial charge on any atom is 0.297 e. The summed E-state index contributed by atoms with van der Waals surface area (Å²) in [5.74, 6) is 0.794. The molecule has 122 valence electrons. The van der Waals surface area contributed by atoms with Gasteiger partial charge in [-0.3, -0.25) is 10.1 Å². The van der Waals surface area contributed by atoms with Crippen LogP contribution in [0, 0.1) is 17.0 Å². The number of imidazole rings is 1. The van der Waals surface area contributed by atoms with E-state index in [9.17, 15) is 10.1 Å². The third-order valence-electron chi connectivity index (χ3n) is 3.86. The number of hydrogen-bond acceptors (Lipinski definition) is 3. The van der Waals surface area contributed by atoms with E-state index in [2.05, 4.69) is 37.9 Å². The molecule has 0 unspecified atom stereocenters. The lowest BCUT2D eigenvalue weighted by atomic mass is 10.1. The molecule has 0 radical (unpaired) electrons. The largest absolute Gasteiger partial charge is 0.324 e. The molecule has 0 aliphatic rings. The van der Waals surface area contributed by atoms with E-state index >= 15 is 0 Å². The zero-order valence-corrected chi connectivity index (χ0v) is 14.2. The van der Waals surface area contributed by atoms with Gasteiger partial charge in [-0.05, 0) is 46.6 Å². The zero-order chi connectivity index (χ0) is 17.0. The first-order valence-electron chi connectivity index (χ1n) is 7.79. The van der Waals surface area contributed by atoms with Gasteiger partial charge in [0.2, 0.25) is 0 Å². The van der Waals surface area contributed by atoms with Crippen molar-refractivity contribution in [2.75, 3.05) is 0 Å². The molecular formula is C18H23N3O2. The Morgan fingerprint density at radius 2 is 2.04 bits per heavy atom. The van der Waals surface area contributed by atoms with Crippen molar-refractivity contribution in [3.05, 3.63) is 57.4 Å². The molecule has 0 amide bonds. The number of allylic oxidation sites excluding steroid dienone is 4. The van der Waals surface area contributed by atoms with Crippen molar-refractivity contribution in [1.82, 2.24) is 9.55 Å². The molecule has 5 nitrogen and oxygen atoms in total. The average Bonchev–Trinajstić information content (AvgIpc) is 2.79. The first-order valence-corrected chi connectivity index (χ1v) is 7.79. The highest BCUT2D eigenvalue weighted by atomic mass is 16.6. The Kier molecular flexibility index (Phi) is 5.32. The van der Waals surface area contributed by atoms with Crippen LogP contribution in [0.3, 0.4) is 0 Å². The Bertz CT molecular complexity index is 781. The molecule has 2 rings (SSSR count). The summed E-state index contributed by atoms with van der Waals surface area (Å²) >= 11 is 0. The highest BCUT2D eigenvalue weighted by molar-refractivity contribution is 5.85. The van der Waals surface area contributed by atoms with E-state index in [0.717, 1.165) is 24.2 Å². The highest BCUT2D eigenvalue weighted by Gasteiger charge is 2.17. The van der Waals surface area contributed by atoms with Gasteiger partial charge in [-0.15, -0.1) is 0 Å². The topological polar surface area (TPSA) is 61.0 Å². The molecule has 1 aromatic heterocycles. The number of non-ortho nitro benzene ring substituents is 1. The molecule has 2 aromatic rings. The molecule has 0 aliphatic heterocycles. The molecular weight excluding hydrogens is 290 g/mol. The van der Waals surface area contributed by atoms with Gasteiger partial charge in [0.15, 0.2) is 5.52 Å². The number of rotatable bonds is 6. The predicted octanol–water partition coefficient (Wildman–Crippen LogP) is 4.95. The van der Waals surface area contributed by atoms with Crippen molar-refractivity contribution in [3.63, 3.8) is 0 Å². The number of nitro benzene ring substituents is 1. The van der Waals surface area contributed by atoms with E-state index in [1.165, 1.54) is 17.2 Å². The van der Waals surface area contributed by atoms with Crippen LogP contribution in [0.1, 0.15) is 39.4 Å². The number of hydrogen-bond donors (Lipinski definition) is 0. The number of nitro groups is 1. The Balaban J connectivity index is 2.24. The van der Waals surface area contributed by atoms with Gasteiger partial charge in [-0.2, -0.15) is 0 Å². The van der Waals surface area contributed by atoms with E-state index in [1.807, 2.05) is 17.6 Å². The molecule has 0 atom stereocenters. The number of aryl methyl sites for hydroxylation is 1. The van der Waals surface area contributed by atoms with E-state index in [1.54, 1.807) is 6.07 Å². The number of aromatic nitrogens is 2. The quantitative estimate of drug-likeness (QED) is 0.431. The highest BCUT2D eigenvalue weighted by Crippen LogP contribution is 2.25. The minimum Gasteiger partial charge on any atom is -0.324 e. The van der Waals surface area contributed by atoms with Crippen LogP contribution >= 0.6 is 0 Å². The van der Waals surface area contributed by atoms with Gasteiger partial charge in [-0.1, -0.05) is 29.4 Å². The maximum atomic E-state index is 11.1. The van der Waals surface area contributed by atoms with Crippen LogP contribution in [0.5, 0.6) is 0 Å². The van der Waals surface area contributed by atoms with Crippen molar-refractivity contribution in [2.45, 2.75) is 47.1 Å². The van der Waals surface area contributed by atoms with Gasteiger partial charge in [-0.25, -0.2) is 4.98 Å². The second kappa shape index (κ2) is 7.22. The lowest BCUT2D eigenvalue weighted by molar-refractivity contribution is -0.383. The summed E-state index contributed by atoms with van der Waals surface area (Å²) in [4.78, 5) is 15.1. The van der Waals surface area contributed by atoms with Crippen LogP contribution < -0.4 is 0 Å². The summed E-state index contributed by atoms with van der Waals surface area (Å²) in [6.45, 7) is 8.90. The Labute approximate surface area is 136 Å². The Hall–Kier alpha value is -2.43. The number of fused-ring (bicyclic) bond motifs is 1. The summed E-state index contributed by atoms with van der Waals surface area (Å²) in [7, 11) is 0. The third-order valence-corrected chi connectivity index (χ3v) is 3.86. The van der Waals surface area contributed by atoms with Gasteiger partial charge >= 0.3 is 0 Å².